The molecule has 0 unspecified atom stereocenters. The van der Waals surface area contributed by atoms with Gasteiger partial charge in [-0.25, -0.2) is 4.39 Å². The van der Waals surface area contributed by atoms with Gasteiger partial charge in [-0.3, -0.25) is 4.79 Å². The molecule has 0 bridgehead atoms. The fourth-order valence-electron chi connectivity index (χ4n) is 2.38. The van der Waals surface area contributed by atoms with E-state index in [1.54, 1.807) is 0 Å². The lowest BCUT2D eigenvalue weighted by atomic mass is 10.1. The molecule has 3 rings (SSSR count). The summed E-state index contributed by atoms with van der Waals surface area (Å²) in [7, 11) is 0. The minimum absolute atomic E-state index is 0.158. The summed E-state index contributed by atoms with van der Waals surface area (Å²) < 4.78 is 98.9. The molecule has 0 N–H and O–H groups in total. The molecule has 31 heavy (non-hydrogen) atoms. The molecule has 0 saturated heterocycles. The number of halogens is 8. The van der Waals surface area contributed by atoms with Gasteiger partial charge in [0.2, 0.25) is 11.6 Å². The van der Waals surface area contributed by atoms with Crippen LogP contribution in [0.5, 0.6) is 5.75 Å². The number of carbonyl (C=O) groups excluding carboxylic acids is 1. The fourth-order valence-corrected chi connectivity index (χ4v) is 2.66. The third-order valence-electron chi connectivity index (χ3n) is 3.81. The molecule has 0 aliphatic rings. The highest BCUT2D eigenvalue weighted by atomic mass is 35.5. The number of alkyl halides is 6. The van der Waals surface area contributed by atoms with Gasteiger partial charge in [-0.05, 0) is 30.3 Å². The average Bonchev–Trinajstić information content (AvgIpc) is 3.15. The van der Waals surface area contributed by atoms with Crippen LogP contribution in [0.1, 0.15) is 21.8 Å². The van der Waals surface area contributed by atoms with Gasteiger partial charge in [0, 0.05) is 5.56 Å². The predicted molar refractivity (Wildman–Crippen MR) is 91.0 cm³/mol. The van der Waals surface area contributed by atoms with Gasteiger partial charge < -0.3 is 9.26 Å². The third kappa shape index (κ3) is 5.13. The second kappa shape index (κ2) is 8.17. The van der Waals surface area contributed by atoms with Gasteiger partial charge in [-0.2, -0.15) is 31.3 Å². The minimum Gasteiger partial charge on any atom is -0.485 e. The zero-order chi connectivity index (χ0) is 23.0. The minimum atomic E-state index is -4.88. The van der Waals surface area contributed by atoms with E-state index in [0.29, 0.717) is 6.07 Å². The zero-order valence-corrected chi connectivity index (χ0v) is 15.6. The van der Waals surface area contributed by atoms with Crippen LogP contribution in [0, 0.1) is 5.82 Å². The molecular weight excluding hydrogens is 461 g/mol. The topological polar surface area (TPSA) is 65.2 Å². The van der Waals surface area contributed by atoms with E-state index in [0.717, 1.165) is 30.3 Å². The zero-order valence-electron chi connectivity index (χ0n) is 14.8. The SMILES string of the molecule is O=C(COc1ccc(C(F)(F)F)c(Cl)c1)c1ccc(-c2noc(C(F)(F)F)n2)cc1F. The van der Waals surface area contributed by atoms with Crippen molar-refractivity contribution in [3.05, 3.63) is 64.3 Å². The lowest BCUT2D eigenvalue weighted by molar-refractivity contribution is -0.159. The van der Waals surface area contributed by atoms with E-state index in [9.17, 15) is 35.5 Å². The van der Waals surface area contributed by atoms with Gasteiger partial charge in [-0.15, -0.1) is 0 Å². The first-order valence-corrected chi connectivity index (χ1v) is 8.47. The monoisotopic (exact) mass is 468 g/mol. The maximum atomic E-state index is 14.3. The summed E-state index contributed by atoms with van der Waals surface area (Å²) in [5.74, 6) is -4.30. The summed E-state index contributed by atoms with van der Waals surface area (Å²) in [6.07, 6.45) is -9.55. The maximum Gasteiger partial charge on any atom is 0.471 e. The summed E-state index contributed by atoms with van der Waals surface area (Å²) in [4.78, 5) is 15.3. The van der Waals surface area contributed by atoms with Crippen molar-refractivity contribution >= 4 is 17.4 Å². The molecule has 1 heterocycles. The Morgan fingerprint density at radius 3 is 2.29 bits per heavy atom. The number of benzene rings is 2. The third-order valence-corrected chi connectivity index (χ3v) is 4.12. The van der Waals surface area contributed by atoms with E-state index in [1.807, 2.05) is 0 Å². The first-order chi connectivity index (χ1) is 14.4. The second-order valence-electron chi connectivity index (χ2n) is 5.97. The van der Waals surface area contributed by atoms with Gasteiger partial charge in [-0.1, -0.05) is 22.8 Å². The smallest absolute Gasteiger partial charge is 0.471 e. The van der Waals surface area contributed by atoms with Crippen molar-refractivity contribution in [3.8, 4) is 17.1 Å². The van der Waals surface area contributed by atoms with Crippen LogP contribution in [0.3, 0.4) is 0 Å². The Hall–Kier alpha value is -3.15. The van der Waals surface area contributed by atoms with Crippen molar-refractivity contribution in [1.29, 1.82) is 0 Å². The number of ketones is 1. The molecule has 5 nitrogen and oxygen atoms in total. The van der Waals surface area contributed by atoms with Crippen LogP contribution in [-0.4, -0.2) is 22.5 Å². The number of hydrogen-bond acceptors (Lipinski definition) is 5. The molecule has 0 saturated carbocycles. The summed E-state index contributed by atoms with van der Waals surface area (Å²) in [6.45, 7) is -0.738. The number of ether oxygens (including phenoxy) is 1. The molecule has 0 radical (unpaired) electrons. The van der Waals surface area contributed by atoms with Crippen LogP contribution < -0.4 is 4.74 Å². The highest BCUT2D eigenvalue weighted by Crippen LogP contribution is 2.36. The van der Waals surface area contributed by atoms with E-state index in [4.69, 9.17) is 16.3 Å². The first-order valence-electron chi connectivity index (χ1n) is 8.10. The number of nitrogens with zero attached hydrogens (tertiary/aromatic N) is 2. The Balaban J connectivity index is 1.71. The van der Waals surface area contributed by atoms with E-state index in [1.165, 1.54) is 0 Å². The molecule has 1 aromatic heterocycles. The van der Waals surface area contributed by atoms with Crippen LogP contribution in [0.4, 0.5) is 30.7 Å². The summed E-state index contributed by atoms with van der Waals surface area (Å²) in [5, 5.41) is 2.46. The lowest BCUT2D eigenvalue weighted by Crippen LogP contribution is -2.14. The van der Waals surface area contributed by atoms with Crippen LogP contribution >= 0.6 is 11.6 Å². The number of carbonyl (C=O) groups is 1. The van der Waals surface area contributed by atoms with Gasteiger partial charge >= 0.3 is 18.2 Å². The Bertz CT molecular complexity index is 1130. The van der Waals surface area contributed by atoms with Crippen LogP contribution in [0.25, 0.3) is 11.4 Å². The van der Waals surface area contributed by atoms with Crippen molar-refractivity contribution in [3.63, 3.8) is 0 Å². The number of Topliss-reactive ketones (excluding diaryl/α,β-unsaturated/α-hetero) is 1. The Morgan fingerprint density at radius 2 is 1.74 bits per heavy atom. The number of hydrogen-bond donors (Lipinski definition) is 0. The quantitative estimate of drug-likeness (QED) is 0.348. The van der Waals surface area contributed by atoms with Crippen LogP contribution in [-0.2, 0) is 12.4 Å². The molecule has 0 fully saturated rings. The fraction of sp³-hybridized carbons (Fsp3) is 0.167. The van der Waals surface area contributed by atoms with E-state index in [-0.39, 0.29) is 11.3 Å². The molecule has 2 aromatic carbocycles. The molecule has 13 heteroatoms. The number of rotatable bonds is 5. The van der Waals surface area contributed by atoms with E-state index < -0.39 is 58.4 Å². The molecule has 0 aliphatic heterocycles. The molecule has 164 valence electrons. The molecule has 0 aliphatic carbocycles. The Kier molecular flexibility index (Phi) is 5.94. The Morgan fingerprint density at radius 1 is 1.03 bits per heavy atom. The van der Waals surface area contributed by atoms with Crippen molar-refractivity contribution in [2.75, 3.05) is 6.61 Å². The van der Waals surface area contributed by atoms with Gasteiger partial charge in [0.15, 0.2) is 6.61 Å². The van der Waals surface area contributed by atoms with Gasteiger partial charge in [0.05, 0.1) is 16.1 Å². The maximum absolute atomic E-state index is 14.3. The van der Waals surface area contributed by atoms with Crippen molar-refractivity contribution in [2.24, 2.45) is 0 Å². The molecule has 0 amide bonds. The average molecular weight is 469 g/mol. The molecular formula is C18H8ClF7N2O3. The Labute approximate surface area is 173 Å². The predicted octanol–water partition coefficient (Wildman–Crippen LogP) is 5.83. The van der Waals surface area contributed by atoms with E-state index >= 15 is 0 Å². The largest absolute Gasteiger partial charge is 0.485 e. The summed E-state index contributed by atoms with van der Waals surface area (Å²) in [5.41, 5.74) is -1.74. The van der Waals surface area contributed by atoms with Crippen LogP contribution in [0.15, 0.2) is 40.9 Å². The van der Waals surface area contributed by atoms with Crippen molar-refractivity contribution < 1.29 is 44.8 Å². The van der Waals surface area contributed by atoms with Gasteiger partial charge in [0.1, 0.15) is 11.6 Å². The normalized spacial score (nSPS) is 12.1. The lowest BCUT2D eigenvalue weighted by Gasteiger charge is -2.11. The summed E-state index contributed by atoms with van der Waals surface area (Å²) in [6, 6.07) is 5.25. The van der Waals surface area contributed by atoms with Crippen molar-refractivity contribution in [2.45, 2.75) is 12.4 Å². The first kappa shape index (κ1) is 22.5. The molecule has 3 aromatic rings. The number of aromatic nitrogens is 2. The standard InChI is InChI=1S/C18H8ClF7N2O3/c19-12-6-9(2-4-11(12)17(21,22)23)30-7-14(29)10-3-1-8(5-13(10)20)15-27-16(31-28-15)18(24,25)26/h1-6H,7H2. The molecule has 0 spiro atoms. The molecule has 0 atom stereocenters. The van der Waals surface area contributed by atoms with Crippen LogP contribution in [0.2, 0.25) is 5.02 Å². The highest BCUT2D eigenvalue weighted by molar-refractivity contribution is 6.31. The summed E-state index contributed by atoms with van der Waals surface area (Å²) >= 11 is 5.54. The van der Waals surface area contributed by atoms with Gasteiger partial charge in [0.25, 0.3) is 0 Å². The van der Waals surface area contributed by atoms with E-state index in [2.05, 4.69) is 14.7 Å². The highest BCUT2D eigenvalue weighted by Gasteiger charge is 2.38. The van der Waals surface area contributed by atoms with Crippen molar-refractivity contribution in [1.82, 2.24) is 10.1 Å². The second-order valence-corrected chi connectivity index (χ2v) is 6.37.